The number of hydroxylamine groups is 1. The molecule has 100 valence electrons. The number of hydrogen-bond acceptors (Lipinski definition) is 4. The van der Waals surface area contributed by atoms with Gasteiger partial charge in [0.15, 0.2) is 0 Å². The summed E-state index contributed by atoms with van der Waals surface area (Å²) in [5.41, 5.74) is 8.58. The van der Waals surface area contributed by atoms with Crippen LogP contribution in [0.25, 0.3) is 0 Å². The summed E-state index contributed by atoms with van der Waals surface area (Å²) in [6.07, 6.45) is 0.946. The van der Waals surface area contributed by atoms with Crippen LogP contribution in [0, 0.1) is 0 Å². The molecule has 0 saturated carbocycles. The average Bonchev–Trinajstić information content (AvgIpc) is 2.33. The zero-order chi connectivity index (χ0) is 13.4. The van der Waals surface area contributed by atoms with Crippen molar-refractivity contribution in [3.05, 3.63) is 28.2 Å². The maximum Gasteiger partial charge on any atom is 0.245 e. The number of carbonyl (C=O) groups excluding carboxylic acids is 1. The van der Waals surface area contributed by atoms with E-state index < -0.39 is 5.91 Å². The highest BCUT2D eigenvalue weighted by molar-refractivity contribution is 9.10. The fraction of sp³-hybridized carbons (Fsp3) is 0.417. The normalized spacial score (nSPS) is 10.3. The number of amides is 1. The van der Waals surface area contributed by atoms with E-state index in [-0.39, 0.29) is 6.61 Å². The Balaban J connectivity index is 2.55. The summed E-state index contributed by atoms with van der Waals surface area (Å²) in [4.78, 5) is 15.4. The summed E-state index contributed by atoms with van der Waals surface area (Å²) in [7, 11) is 0. The smallest absolute Gasteiger partial charge is 0.245 e. The molecular weight excluding hydrogens is 300 g/mol. The molecule has 1 amide bonds. The van der Waals surface area contributed by atoms with E-state index in [0.717, 1.165) is 22.2 Å². The van der Waals surface area contributed by atoms with E-state index in [0.29, 0.717) is 13.2 Å². The van der Waals surface area contributed by atoms with E-state index in [1.165, 1.54) is 0 Å². The number of primary amides is 1. The number of benzene rings is 1. The highest BCUT2D eigenvalue weighted by Crippen LogP contribution is 2.23. The zero-order valence-corrected chi connectivity index (χ0v) is 11.8. The van der Waals surface area contributed by atoms with Gasteiger partial charge in [-0.3, -0.25) is 9.63 Å². The topological polar surface area (TPSA) is 73.6 Å². The fourth-order valence-electron chi connectivity index (χ4n) is 1.29. The van der Waals surface area contributed by atoms with Crippen LogP contribution in [0.2, 0.25) is 0 Å². The fourth-order valence-corrected chi connectivity index (χ4v) is 1.70. The van der Waals surface area contributed by atoms with Gasteiger partial charge in [-0.25, -0.2) is 0 Å². The van der Waals surface area contributed by atoms with E-state index in [1.807, 2.05) is 25.1 Å². The predicted molar refractivity (Wildman–Crippen MR) is 71.9 cm³/mol. The first kappa shape index (κ1) is 14.9. The van der Waals surface area contributed by atoms with E-state index in [2.05, 4.69) is 21.4 Å². The molecule has 1 aromatic rings. The van der Waals surface area contributed by atoms with Gasteiger partial charge in [0, 0.05) is 16.6 Å². The number of nitrogens with one attached hydrogen (secondary N) is 1. The second-order valence-corrected chi connectivity index (χ2v) is 4.59. The van der Waals surface area contributed by atoms with Crippen LogP contribution in [-0.4, -0.2) is 19.1 Å². The molecule has 0 saturated heterocycles. The first-order valence-corrected chi connectivity index (χ1v) is 6.47. The molecule has 18 heavy (non-hydrogen) atoms. The molecule has 0 aliphatic carbocycles. The number of hydrogen-bond donors (Lipinski definition) is 2. The van der Waals surface area contributed by atoms with Crippen molar-refractivity contribution in [2.24, 2.45) is 5.73 Å². The highest BCUT2D eigenvalue weighted by atomic mass is 79.9. The van der Waals surface area contributed by atoms with Gasteiger partial charge in [-0.15, -0.1) is 0 Å². The minimum Gasteiger partial charge on any atom is -0.493 e. The number of carbonyl (C=O) groups is 1. The molecule has 0 unspecified atom stereocenters. The van der Waals surface area contributed by atoms with Gasteiger partial charge in [-0.2, -0.15) is 5.48 Å². The summed E-state index contributed by atoms with van der Waals surface area (Å²) in [6, 6.07) is 5.75. The van der Waals surface area contributed by atoms with Gasteiger partial charge in [-0.05, 0) is 24.6 Å². The summed E-state index contributed by atoms with van der Waals surface area (Å²) >= 11 is 3.40. The lowest BCUT2D eigenvalue weighted by Crippen LogP contribution is -2.24. The van der Waals surface area contributed by atoms with Gasteiger partial charge in [0.1, 0.15) is 12.4 Å². The minimum absolute atomic E-state index is 0.154. The van der Waals surface area contributed by atoms with Crippen LogP contribution in [-0.2, 0) is 16.2 Å². The highest BCUT2D eigenvalue weighted by Gasteiger charge is 2.05. The molecule has 0 aromatic heterocycles. The third-order valence-electron chi connectivity index (χ3n) is 2.06. The lowest BCUT2D eigenvalue weighted by Gasteiger charge is -2.12. The Kier molecular flexibility index (Phi) is 6.70. The lowest BCUT2D eigenvalue weighted by atomic mass is 10.2. The van der Waals surface area contributed by atoms with E-state index in [4.69, 9.17) is 15.3 Å². The Morgan fingerprint density at radius 1 is 1.50 bits per heavy atom. The summed E-state index contributed by atoms with van der Waals surface area (Å²) in [6.45, 7) is 2.99. The molecule has 0 spiro atoms. The molecule has 5 nitrogen and oxygen atoms in total. The Bertz CT molecular complexity index is 399. The van der Waals surface area contributed by atoms with Crippen molar-refractivity contribution in [2.75, 3.05) is 13.2 Å². The summed E-state index contributed by atoms with van der Waals surface area (Å²) < 4.78 is 6.57. The summed E-state index contributed by atoms with van der Waals surface area (Å²) in [5, 5.41) is 0. The Morgan fingerprint density at radius 2 is 2.28 bits per heavy atom. The molecule has 0 heterocycles. The Hall–Kier alpha value is -1.11. The van der Waals surface area contributed by atoms with Gasteiger partial charge in [0.05, 0.1) is 6.61 Å². The maximum atomic E-state index is 10.5. The van der Waals surface area contributed by atoms with Gasteiger partial charge in [0.25, 0.3) is 0 Å². The lowest BCUT2D eigenvalue weighted by molar-refractivity contribution is -0.125. The van der Waals surface area contributed by atoms with Crippen LogP contribution in [0.4, 0.5) is 0 Å². The molecule has 3 N–H and O–H groups in total. The van der Waals surface area contributed by atoms with Crippen LogP contribution in [0.1, 0.15) is 18.9 Å². The second kappa shape index (κ2) is 8.07. The van der Waals surface area contributed by atoms with Gasteiger partial charge < -0.3 is 10.5 Å². The molecule has 1 rings (SSSR count). The van der Waals surface area contributed by atoms with Crippen molar-refractivity contribution in [1.82, 2.24) is 5.48 Å². The van der Waals surface area contributed by atoms with Crippen molar-refractivity contribution >= 4 is 21.8 Å². The molecule has 0 aliphatic rings. The maximum absolute atomic E-state index is 10.5. The number of rotatable bonds is 8. The monoisotopic (exact) mass is 316 g/mol. The van der Waals surface area contributed by atoms with E-state index >= 15 is 0 Å². The molecule has 0 bridgehead atoms. The quantitative estimate of drug-likeness (QED) is 0.566. The van der Waals surface area contributed by atoms with Crippen molar-refractivity contribution in [1.29, 1.82) is 0 Å². The van der Waals surface area contributed by atoms with Crippen LogP contribution in [0.5, 0.6) is 5.75 Å². The average molecular weight is 317 g/mol. The predicted octanol–water partition coefficient (Wildman–Crippen LogP) is 1.74. The Morgan fingerprint density at radius 3 is 2.94 bits per heavy atom. The SMILES string of the molecule is CCCOc1ccc(Br)cc1CNOCC(N)=O. The molecule has 0 aliphatic heterocycles. The first-order chi connectivity index (χ1) is 8.63. The number of ether oxygens (including phenoxy) is 1. The number of halogens is 1. The van der Waals surface area contributed by atoms with E-state index in [9.17, 15) is 4.79 Å². The summed E-state index contributed by atoms with van der Waals surface area (Å²) in [5.74, 6) is 0.287. The molecule has 6 heteroatoms. The van der Waals surface area contributed by atoms with Crippen molar-refractivity contribution < 1.29 is 14.4 Å². The van der Waals surface area contributed by atoms with Crippen LogP contribution in [0.15, 0.2) is 22.7 Å². The van der Waals surface area contributed by atoms with Gasteiger partial charge in [0.2, 0.25) is 5.91 Å². The van der Waals surface area contributed by atoms with Crippen LogP contribution < -0.4 is 16.0 Å². The van der Waals surface area contributed by atoms with Crippen LogP contribution >= 0.6 is 15.9 Å². The first-order valence-electron chi connectivity index (χ1n) is 5.67. The second-order valence-electron chi connectivity index (χ2n) is 3.68. The third-order valence-corrected chi connectivity index (χ3v) is 2.56. The molecule has 0 radical (unpaired) electrons. The van der Waals surface area contributed by atoms with Crippen LogP contribution in [0.3, 0.4) is 0 Å². The molecular formula is C12H17BrN2O3. The largest absolute Gasteiger partial charge is 0.493 e. The molecule has 1 aromatic carbocycles. The zero-order valence-electron chi connectivity index (χ0n) is 10.2. The van der Waals surface area contributed by atoms with Crippen molar-refractivity contribution in [3.63, 3.8) is 0 Å². The van der Waals surface area contributed by atoms with Crippen molar-refractivity contribution in [2.45, 2.75) is 19.9 Å². The van der Waals surface area contributed by atoms with E-state index in [1.54, 1.807) is 0 Å². The van der Waals surface area contributed by atoms with Crippen molar-refractivity contribution in [3.8, 4) is 5.75 Å². The number of nitrogens with two attached hydrogens (primary N) is 1. The minimum atomic E-state index is -0.515. The Labute approximate surface area is 115 Å². The van der Waals surface area contributed by atoms with Gasteiger partial charge in [-0.1, -0.05) is 22.9 Å². The molecule has 0 atom stereocenters. The third kappa shape index (κ3) is 5.48. The molecule has 0 fully saturated rings. The standard InChI is InChI=1S/C12H17BrN2O3/c1-2-5-17-11-4-3-10(13)6-9(11)7-15-18-8-12(14)16/h3-4,6,15H,2,5,7-8H2,1H3,(H2,14,16). The van der Waals surface area contributed by atoms with Gasteiger partial charge >= 0.3 is 0 Å².